The van der Waals surface area contributed by atoms with Crippen LogP contribution in [0.2, 0.25) is 0 Å². The Kier molecular flexibility index (Phi) is 3.74. The van der Waals surface area contributed by atoms with E-state index >= 15 is 0 Å². The molecule has 2 nitrogen and oxygen atoms in total. The highest BCUT2D eigenvalue weighted by Gasteiger charge is 2.30. The minimum Gasteiger partial charge on any atom is -0.375 e. The third kappa shape index (κ3) is 2.63. The molecular weight excluding hydrogens is 237 g/mol. The summed E-state index contributed by atoms with van der Waals surface area (Å²) in [6.07, 6.45) is -4.31. The Morgan fingerprint density at radius 3 is 2.44 bits per heavy atom. The molecule has 0 aliphatic carbocycles. The van der Waals surface area contributed by atoms with Crippen LogP contribution >= 0.6 is 11.3 Å². The standard InChI is InChI=1S/C8H5F3N2S.C2H6/c9-8(10,11)4-1-2-5-6(3-4)14-7(12)13-5;1-2/h1-3H,(H2,12,13);1-2H3. The molecule has 0 spiro atoms. The Balaban J connectivity index is 0.000000606. The number of benzene rings is 1. The van der Waals surface area contributed by atoms with Crippen molar-refractivity contribution in [2.75, 3.05) is 5.73 Å². The van der Waals surface area contributed by atoms with Gasteiger partial charge in [-0.1, -0.05) is 25.2 Å². The number of halogens is 3. The van der Waals surface area contributed by atoms with Crippen molar-refractivity contribution in [3.8, 4) is 0 Å². The molecular formula is C10H11F3N2S. The van der Waals surface area contributed by atoms with E-state index < -0.39 is 11.7 Å². The zero-order valence-corrected chi connectivity index (χ0v) is 9.62. The van der Waals surface area contributed by atoms with Gasteiger partial charge in [0.05, 0.1) is 15.8 Å². The molecule has 0 bridgehead atoms. The summed E-state index contributed by atoms with van der Waals surface area (Å²) in [5.74, 6) is 0. The van der Waals surface area contributed by atoms with Crippen LogP contribution in [0.5, 0.6) is 0 Å². The summed E-state index contributed by atoms with van der Waals surface area (Å²) in [4.78, 5) is 3.87. The minimum absolute atomic E-state index is 0.277. The zero-order valence-electron chi connectivity index (χ0n) is 8.80. The molecule has 0 aliphatic rings. The van der Waals surface area contributed by atoms with Crippen LogP contribution in [0.4, 0.5) is 18.3 Å². The maximum absolute atomic E-state index is 12.3. The van der Waals surface area contributed by atoms with Gasteiger partial charge in [0, 0.05) is 0 Å². The van der Waals surface area contributed by atoms with Crippen molar-refractivity contribution in [1.82, 2.24) is 4.98 Å². The molecule has 0 aliphatic heterocycles. The van der Waals surface area contributed by atoms with Gasteiger partial charge in [-0.15, -0.1) is 0 Å². The molecule has 0 fully saturated rings. The number of nitrogens with zero attached hydrogens (tertiary/aromatic N) is 1. The Morgan fingerprint density at radius 1 is 1.25 bits per heavy atom. The number of hydrogen-bond acceptors (Lipinski definition) is 3. The fourth-order valence-corrected chi connectivity index (χ4v) is 1.89. The Labute approximate surface area is 94.9 Å². The molecule has 16 heavy (non-hydrogen) atoms. The highest BCUT2D eigenvalue weighted by molar-refractivity contribution is 7.22. The van der Waals surface area contributed by atoms with E-state index in [0.717, 1.165) is 23.5 Å². The van der Waals surface area contributed by atoms with Crippen LogP contribution in [0.15, 0.2) is 18.2 Å². The lowest BCUT2D eigenvalue weighted by Gasteiger charge is -2.04. The van der Waals surface area contributed by atoms with Gasteiger partial charge in [-0.3, -0.25) is 0 Å². The van der Waals surface area contributed by atoms with Crippen LogP contribution in [0.1, 0.15) is 19.4 Å². The van der Waals surface area contributed by atoms with Crippen molar-refractivity contribution in [1.29, 1.82) is 0 Å². The number of rotatable bonds is 0. The lowest BCUT2D eigenvalue weighted by Crippen LogP contribution is -2.03. The van der Waals surface area contributed by atoms with Crippen molar-refractivity contribution >= 4 is 26.7 Å². The van der Waals surface area contributed by atoms with Gasteiger partial charge in [0.2, 0.25) is 0 Å². The summed E-state index contributed by atoms with van der Waals surface area (Å²) in [5, 5.41) is 0.277. The van der Waals surface area contributed by atoms with E-state index in [1.165, 1.54) is 6.07 Å². The van der Waals surface area contributed by atoms with Crippen LogP contribution in [-0.4, -0.2) is 4.98 Å². The monoisotopic (exact) mass is 248 g/mol. The molecule has 0 unspecified atom stereocenters. The van der Waals surface area contributed by atoms with E-state index in [2.05, 4.69) is 4.98 Å². The van der Waals surface area contributed by atoms with Gasteiger partial charge in [0.15, 0.2) is 5.13 Å². The number of hydrogen-bond donors (Lipinski definition) is 1. The first-order valence-electron chi connectivity index (χ1n) is 4.70. The summed E-state index contributed by atoms with van der Waals surface area (Å²) in [5.41, 5.74) is 5.20. The zero-order chi connectivity index (χ0) is 12.3. The molecule has 1 aromatic heterocycles. The van der Waals surface area contributed by atoms with Crippen LogP contribution in [0, 0.1) is 0 Å². The summed E-state index contributed by atoms with van der Waals surface area (Å²) >= 11 is 1.05. The molecule has 0 atom stereocenters. The molecule has 0 saturated heterocycles. The number of aromatic nitrogens is 1. The molecule has 6 heteroatoms. The largest absolute Gasteiger partial charge is 0.416 e. The van der Waals surface area contributed by atoms with Crippen LogP contribution in [0.25, 0.3) is 10.2 Å². The van der Waals surface area contributed by atoms with Crippen molar-refractivity contribution in [3.63, 3.8) is 0 Å². The van der Waals surface area contributed by atoms with E-state index in [-0.39, 0.29) is 5.13 Å². The van der Waals surface area contributed by atoms with Gasteiger partial charge in [-0.05, 0) is 18.2 Å². The molecule has 0 radical (unpaired) electrons. The number of fused-ring (bicyclic) bond motifs is 1. The van der Waals surface area contributed by atoms with Gasteiger partial charge in [0.25, 0.3) is 0 Å². The Bertz CT molecular complexity index is 476. The number of alkyl halides is 3. The van der Waals surface area contributed by atoms with E-state index in [1.807, 2.05) is 13.8 Å². The molecule has 88 valence electrons. The highest BCUT2D eigenvalue weighted by Crippen LogP contribution is 2.33. The summed E-state index contributed by atoms with van der Waals surface area (Å²) in [6, 6.07) is 3.38. The fourth-order valence-electron chi connectivity index (χ4n) is 1.12. The van der Waals surface area contributed by atoms with E-state index in [1.54, 1.807) is 0 Å². The highest BCUT2D eigenvalue weighted by atomic mass is 32.1. The SMILES string of the molecule is CC.Nc1nc2ccc(C(F)(F)F)cc2s1. The minimum atomic E-state index is -4.31. The van der Waals surface area contributed by atoms with E-state index in [9.17, 15) is 13.2 Å². The number of nitrogen functional groups attached to an aromatic ring is 1. The Hall–Kier alpha value is -1.30. The normalized spacial score (nSPS) is 11.1. The first-order valence-corrected chi connectivity index (χ1v) is 5.52. The van der Waals surface area contributed by atoms with Crippen LogP contribution < -0.4 is 5.73 Å². The molecule has 1 aromatic carbocycles. The molecule has 2 aromatic rings. The van der Waals surface area contributed by atoms with E-state index in [0.29, 0.717) is 10.2 Å². The van der Waals surface area contributed by atoms with Gasteiger partial charge < -0.3 is 5.73 Å². The summed E-state index contributed by atoms with van der Waals surface area (Å²) in [7, 11) is 0. The second-order valence-electron chi connectivity index (χ2n) is 2.73. The molecule has 1 heterocycles. The van der Waals surface area contributed by atoms with E-state index in [4.69, 9.17) is 5.73 Å². The van der Waals surface area contributed by atoms with Crippen LogP contribution in [-0.2, 0) is 6.18 Å². The summed E-state index contributed by atoms with van der Waals surface area (Å²) in [6.45, 7) is 4.00. The lowest BCUT2D eigenvalue weighted by atomic mass is 10.2. The molecule has 0 saturated carbocycles. The predicted molar refractivity (Wildman–Crippen MR) is 60.4 cm³/mol. The lowest BCUT2D eigenvalue weighted by molar-refractivity contribution is -0.137. The average molecular weight is 248 g/mol. The van der Waals surface area contributed by atoms with Crippen molar-refractivity contribution in [2.45, 2.75) is 20.0 Å². The van der Waals surface area contributed by atoms with Gasteiger partial charge in [-0.2, -0.15) is 13.2 Å². The van der Waals surface area contributed by atoms with Crippen molar-refractivity contribution in [3.05, 3.63) is 23.8 Å². The third-order valence-electron chi connectivity index (χ3n) is 1.73. The first kappa shape index (κ1) is 12.8. The first-order chi connectivity index (χ1) is 7.47. The van der Waals surface area contributed by atoms with Gasteiger partial charge in [0.1, 0.15) is 0 Å². The quantitative estimate of drug-likeness (QED) is 0.767. The number of thiazole rings is 1. The van der Waals surface area contributed by atoms with Gasteiger partial charge in [-0.25, -0.2) is 4.98 Å². The maximum Gasteiger partial charge on any atom is 0.416 e. The average Bonchev–Trinajstić information content (AvgIpc) is 2.58. The topological polar surface area (TPSA) is 38.9 Å². The smallest absolute Gasteiger partial charge is 0.375 e. The fraction of sp³-hybridized carbons (Fsp3) is 0.300. The Morgan fingerprint density at radius 2 is 1.88 bits per heavy atom. The number of nitrogens with two attached hydrogens (primary N) is 1. The van der Waals surface area contributed by atoms with Crippen molar-refractivity contribution < 1.29 is 13.2 Å². The number of anilines is 1. The second kappa shape index (κ2) is 4.69. The van der Waals surface area contributed by atoms with Crippen molar-refractivity contribution in [2.24, 2.45) is 0 Å². The second-order valence-corrected chi connectivity index (χ2v) is 3.79. The summed E-state index contributed by atoms with van der Waals surface area (Å²) < 4.78 is 37.3. The maximum atomic E-state index is 12.3. The molecule has 0 amide bonds. The van der Waals surface area contributed by atoms with Crippen LogP contribution in [0.3, 0.4) is 0 Å². The van der Waals surface area contributed by atoms with Gasteiger partial charge >= 0.3 is 6.18 Å². The molecule has 2 N–H and O–H groups in total. The predicted octanol–water partition coefficient (Wildman–Crippen LogP) is 3.92. The third-order valence-corrected chi connectivity index (χ3v) is 2.58. The molecule has 2 rings (SSSR count).